The van der Waals surface area contributed by atoms with E-state index in [-0.39, 0.29) is 5.91 Å². The Hall–Kier alpha value is -2.60. The average molecular weight is 401 g/mol. The third kappa shape index (κ3) is 5.96. The Morgan fingerprint density at radius 3 is 2.46 bits per heavy atom. The van der Waals surface area contributed by atoms with E-state index in [2.05, 4.69) is 19.2 Å². The summed E-state index contributed by atoms with van der Waals surface area (Å²) >= 11 is 1.36. The van der Waals surface area contributed by atoms with Gasteiger partial charge in [-0.05, 0) is 54.0 Å². The number of carbonyl (C=O) groups is 2. The number of nitrogens with zero attached hydrogens (tertiary/aromatic N) is 1. The molecule has 0 bridgehead atoms. The molecule has 5 nitrogen and oxygen atoms in total. The van der Waals surface area contributed by atoms with Crippen molar-refractivity contribution >= 4 is 40.0 Å². The minimum atomic E-state index is -0.391. The van der Waals surface area contributed by atoms with Gasteiger partial charge < -0.3 is 15.0 Å². The van der Waals surface area contributed by atoms with Crippen LogP contribution < -0.4 is 10.2 Å². The molecule has 0 aliphatic carbocycles. The fourth-order valence-electron chi connectivity index (χ4n) is 2.71. The van der Waals surface area contributed by atoms with Crippen molar-refractivity contribution in [2.45, 2.75) is 27.2 Å². The van der Waals surface area contributed by atoms with Gasteiger partial charge in [0.2, 0.25) is 5.91 Å². The molecule has 0 aliphatic heterocycles. The van der Waals surface area contributed by atoms with Crippen molar-refractivity contribution < 1.29 is 14.3 Å². The minimum Gasteiger partial charge on any atom is -0.462 e. The quantitative estimate of drug-likeness (QED) is 0.509. The summed E-state index contributed by atoms with van der Waals surface area (Å²) in [7, 11) is 3.96. The van der Waals surface area contributed by atoms with Gasteiger partial charge in [0.15, 0.2) is 0 Å². The first-order valence-electron chi connectivity index (χ1n) is 9.35. The Bertz CT molecular complexity index is 836. The monoisotopic (exact) mass is 400 g/mol. The Morgan fingerprint density at radius 1 is 1.21 bits per heavy atom. The highest BCUT2D eigenvalue weighted by atomic mass is 32.1. The van der Waals surface area contributed by atoms with Gasteiger partial charge in [-0.25, -0.2) is 4.79 Å². The lowest BCUT2D eigenvalue weighted by Gasteiger charge is -2.11. The number of amides is 1. The molecule has 0 atom stereocenters. The maximum atomic E-state index is 12.4. The topological polar surface area (TPSA) is 58.6 Å². The van der Waals surface area contributed by atoms with Crippen molar-refractivity contribution in [3.8, 4) is 0 Å². The number of thiophene rings is 1. The van der Waals surface area contributed by atoms with Gasteiger partial charge in [-0.15, -0.1) is 11.3 Å². The summed E-state index contributed by atoms with van der Waals surface area (Å²) in [6.07, 6.45) is 3.98. The first-order chi connectivity index (χ1) is 13.3. The summed E-state index contributed by atoms with van der Waals surface area (Å²) < 4.78 is 5.18. The Balaban J connectivity index is 2.14. The van der Waals surface area contributed by atoms with Crippen molar-refractivity contribution in [1.82, 2.24) is 0 Å². The van der Waals surface area contributed by atoms with Gasteiger partial charge in [0, 0.05) is 25.9 Å². The Labute approximate surface area is 171 Å². The van der Waals surface area contributed by atoms with Gasteiger partial charge >= 0.3 is 5.97 Å². The van der Waals surface area contributed by atoms with Gasteiger partial charge in [-0.1, -0.05) is 26.0 Å². The lowest BCUT2D eigenvalue weighted by Crippen LogP contribution is -2.13. The fourth-order valence-corrected chi connectivity index (χ4v) is 3.68. The zero-order chi connectivity index (χ0) is 20.7. The molecular formula is C22H28N2O3S. The summed E-state index contributed by atoms with van der Waals surface area (Å²) in [4.78, 5) is 26.8. The summed E-state index contributed by atoms with van der Waals surface area (Å²) in [5, 5.41) is 5.28. The van der Waals surface area contributed by atoms with Crippen molar-refractivity contribution in [2.75, 3.05) is 30.9 Å². The molecule has 0 saturated carbocycles. The third-order valence-corrected chi connectivity index (χ3v) is 4.99. The molecule has 1 heterocycles. The van der Waals surface area contributed by atoms with Crippen LogP contribution in [0, 0.1) is 5.92 Å². The maximum Gasteiger partial charge on any atom is 0.341 e. The first kappa shape index (κ1) is 21.7. The molecule has 28 heavy (non-hydrogen) atoms. The predicted octanol–water partition coefficient (Wildman–Crippen LogP) is 4.84. The lowest BCUT2D eigenvalue weighted by molar-refractivity contribution is -0.111. The number of benzene rings is 1. The third-order valence-electron chi connectivity index (χ3n) is 4.05. The highest BCUT2D eigenvalue weighted by Crippen LogP contribution is 2.31. The molecular weight excluding hydrogens is 372 g/mol. The zero-order valence-electron chi connectivity index (χ0n) is 17.1. The highest BCUT2D eigenvalue weighted by molar-refractivity contribution is 7.15. The molecule has 150 valence electrons. The molecule has 0 radical (unpaired) electrons. The van der Waals surface area contributed by atoms with Crippen molar-refractivity contribution in [3.63, 3.8) is 0 Å². The molecule has 2 aromatic rings. The van der Waals surface area contributed by atoms with Gasteiger partial charge in [-0.2, -0.15) is 0 Å². The average Bonchev–Trinajstić information content (AvgIpc) is 3.02. The van der Waals surface area contributed by atoms with Crippen LogP contribution in [0.15, 0.2) is 35.7 Å². The molecule has 6 heteroatoms. The Morgan fingerprint density at radius 2 is 1.89 bits per heavy atom. The zero-order valence-corrected chi connectivity index (χ0v) is 17.9. The molecule has 1 amide bonds. The maximum absolute atomic E-state index is 12.4. The van der Waals surface area contributed by atoms with Crippen LogP contribution in [0.1, 0.15) is 42.3 Å². The van der Waals surface area contributed by atoms with Crippen LogP contribution in [0.5, 0.6) is 0 Å². The molecule has 0 spiro atoms. The number of carbonyl (C=O) groups excluding carboxylic acids is 2. The standard InChI is InChI=1S/C22H28N2O3S/c1-6-27-22(26)20-17(13-15(2)3)14-28-21(20)23-19(25)12-9-16-7-10-18(11-8-16)24(4)5/h7-12,14-15H,6,13H2,1-5H3,(H,23,25). The highest BCUT2D eigenvalue weighted by Gasteiger charge is 2.21. The van der Waals surface area contributed by atoms with Crippen LogP contribution in [0.2, 0.25) is 0 Å². The van der Waals surface area contributed by atoms with E-state index in [0.717, 1.165) is 23.2 Å². The second kappa shape index (κ2) is 10.1. The normalized spacial score (nSPS) is 11.1. The second-order valence-electron chi connectivity index (χ2n) is 7.09. The van der Waals surface area contributed by atoms with E-state index in [4.69, 9.17) is 4.74 Å². The number of hydrogen-bond donors (Lipinski definition) is 1. The summed E-state index contributed by atoms with van der Waals surface area (Å²) in [6, 6.07) is 7.89. The van der Waals surface area contributed by atoms with Crippen LogP contribution in [0.25, 0.3) is 6.08 Å². The van der Waals surface area contributed by atoms with E-state index < -0.39 is 5.97 Å². The van der Waals surface area contributed by atoms with Crippen LogP contribution in [-0.2, 0) is 16.0 Å². The molecule has 0 unspecified atom stereocenters. The number of esters is 1. The number of hydrogen-bond acceptors (Lipinski definition) is 5. The van der Waals surface area contributed by atoms with E-state index in [1.807, 2.05) is 48.6 Å². The van der Waals surface area contributed by atoms with Gasteiger partial charge in [0.1, 0.15) is 5.00 Å². The summed E-state index contributed by atoms with van der Waals surface area (Å²) in [5.41, 5.74) is 3.41. The predicted molar refractivity (Wildman–Crippen MR) is 117 cm³/mol. The van der Waals surface area contributed by atoms with Crippen LogP contribution >= 0.6 is 11.3 Å². The van der Waals surface area contributed by atoms with Gasteiger partial charge in [-0.3, -0.25) is 4.79 Å². The minimum absolute atomic E-state index is 0.278. The molecule has 0 saturated heterocycles. The fraction of sp³-hybridized carbons (Fsp3) is 0.364. The number of nitrogens with one attached hydrogen (secondary N) is 1. The van der Waals surface area contributed by atoms with E-state index in [9.17, 15) is 9.59 Å². The second-order valence-corrected chi connectivity index (χ2v) is 7.97. The lowest BCUT2D eigenvalue weighted by atomic mass is 10.0. The molecule has 1 aromatic heterocycles. The van der Waals surface area contributed by atoms with Crippen molar-refractivity contribution in [2.24, 2.45) is 5.92 Å². The van der Waals surface area contributed by atoms with E-state index in [1.165, 1.54) is 17.4 Å². The van der Waals surface area contributed by atoms with E-state index in [1.54, 1.807) is 13.0 Å². The SMILES string of the molecule is CCOC(=O)c1c(CC(C)C)csc1NC(=O)C=Cc1ccc(N(C)C)cc1. The van der Waals surface area contributed by atoms with Gasteiger partial charge in [0.05, 0.1) is 12.2 Å². The molecule has 0 aliphatic rings. The number of anilines is 2. The molecule has 1 aromatic carbocycles. The van der Waals surface area contributed by atoms with Crippen LogP contribution in [0.3, 0.4) is 0 Å². The summed E-state index contributed by atoms with van der Waals surface area (Å²) in [6.45, 7) is 6.26. The van der Waals surface area contributed by atoms with Gasteiger partial charge in [0.25, 0.3) is 0 Å². The number of ether oxygens (including phenoxy) is 1. The molecule has 0 fully saturated rings. The number of rotatable bonds is 8. The largest absolute Gasteiger partial charge is 0.462 e. The molecule has 2 rings (SSSR count). The van der Waals surface area contributed by atoms with Crippen molar-refractivity contribution in [1.29, 1.82) is 0 Å². The smallest absolute Gasteiger partial charge is 0.341 e. The first-order valence-corrected chi connectivity index (χ1v) is 10.2. The van der Waals surface area contributed by atoms with E-state index in [0.29, 0.717) is 23.1 Å². The Kier molecular flexibility index (Phi) is 7.81. The van der Waals surface area contributed by atoms with Crippen LogP contribution in [-0.4, -0.2) is 32.6 Å². The van der Waals surface area contributed by atoms with Crippen molar-refractivity contribution in [3.05, 3.63) is 52.4 Å². The van der Waals surface area contributed by atoms with E-state index >= 15 is 0 Å². The van der Waals surface area contributed by atoms with Crippen LogP contribution in [0.4, 0.5) is 10.7 Å². The summed E-state index contributed by atoms with van der Waals surface area (Å²) in [5.74, 6) is -0.269. The molecule has 1 N–H and O–H groups in total.